The van der Waals surface area contributed by atoms with Gasteiger partial charge in [0, 0.05) is 30.8 Å². The summed E-state index contributed by atoms with van der Waals surface area (Å²) in [6, 6.07) is 6.23. The summed E-state index contributed by atoms with van der Waals surface area (Å²) in [5, 5.41) is 6.90. The van der Waals surface area contributed by atoms with Gasteiger partial charge in [-0.1, -0.05) is 0 Å². The zero-order valence-electron chi connectivity index (χ0n) is 13.2. The van der Waals surface area contributed by atoms with Crippen molar-refractivity contribution in [2.24, 2.45) is 7.05 Å². The molecule has 23 heavy (non-hydrogen) atoms. The van der Waals surface area contributed by atoms with Crippen molar-refractivity contribution in [3.05, 3.63) is 39.1 Å². The van der Waals surface area contributed by atoms with E-state index in [1.165, 1.54) is 26.2 Å². The summed E-state index contributed by atoms with van der Waals surface area (Å²) in [6.07, 6.45) is 0. The van der Waals surface area contributed by atoms with E-state index in [0.717, 1.165) is 10.00 Å². The molecular weight excluding hydrogens is 431 g/mol. The maximum atomic E-state index is 12.5. The summed E-state index contributed by atoms with van der Waals surface area (Å²) in [7, 11) is 1.03. The van der Waals surface area contributed by atoms with Crippen LogP contribution in [0.4, 0.5) is 5.82 Å². The third kappa shape index (κ3) is 3.72. The molecule has 1 aromatic carbocycles. The van der Waals surface area contributed by atoms with Crippen molar-refractivity contribution < 1.29 is 13.2 Å². The van der Waals surface area contributed by atoms with Crippen molar-refractivity contribution in [3.8, 4) is 0 Å². The summed E-state index contributed by atoms with van der Waals surface area (Å²) in [6.45, 7) is 1.82. The van der Waals surface area contributed by atoms with Gasteiger partial charge in [0.2, 0.25) is 10.0 Å². The minimum absolute atomic E-state index is 0.0780. The topological polar surface area (TPSA) is 84.3 Å². The average Bonchev–Trinajstić information content (AvgIpc) is 2.76. The number of aromatic nitrogens is 2. The lowest BCUT2D eigenvalue weighted by molar-refractivity contribution is 0.102. The first-order valence-electron chi connectivity index (χ1n) is 6.67. The molecule has 1 heterocycles. The quantitative estimate of drug-likeness (QED) is 0.724. The lowest BCUT2D eigenvalue weighted by Crippen LogP contribution is -2.23. The second-order valence-corrected chi connectivity index (χ2v) is 8.49. The molecule has 0 aliphatic rings. The number of nitrogens with one attached hydrogen (secondary N) is 1. The van der Waals surface area contributed by atoms with Crippen LogP contribution in [0, 0.1) is 10.5 Å². The van der Waals surface area contributed by atoms with Crippen LogP contribution in [0.25, 0.3) is 0 Å². The van der Waals surface area contributed by atoms with Crippen LogP contribution in [0.3, 0.4) is 0 Å². The van der Waals surface area contributed by atoms with Crippen molar-refractivity contribution in [2.45, 2.75) is 11.8 Å². The van der Waals surface area contributed by atoms with Crippen LogP contribution < -0.4 is 5.32 Å². The highest BCUT2D eigenvalue weighted by Gasteiger charge is 2.21. The maximum absolute atomic E-state index is 12.5. The molecule has 0 aliphatic carbocycles. The second kappa shape index (κ2) is 6.57. The monoisotopic (exact) mass is 448 g/mol. The Labute approximate surface area is 148 Å². The molecule has 9 heteroatoms. The molecular formula is C14H17IN4O3S. The molecule has 124 valence electrons. The molecule has 2 aromatic rings. The summed E-state index contributed by atoms with van der Waals surface area (Å²) < 4.78 is 27.8. The Morgan fingerprint density at radius 2 is 1.96 bits per heavy atom. The zero-order chi connectivity index (χ0) is 17.4. The first-order valence-corrected chi connectivity index (χ1v) is 9.19. The summed E-state index contributed by atoms with van der Waals surface area (Å²) in [5.74, 6) is 0.164. The van der Waals surface area contributed by atoms with E-state index in [2.05, 4.69) is 10.4 Å². The van der Waals surface area contributed by atoms with Crippen molar-refractivity contribution in [1.82, 2.24) is 14.1 Å². The Bertz CT molecular complexity index is 859. The van der Waals surface area contributed by atoms with Gasteiger partial charge in [-0.2, -0.15) is 5.10 Å². The molecule has 1 aromatic heterocycles. The standard InChI is InChI=1S/C14H17IN4O3S/c1-9-7-13(19(4)17-9)16-14(20)11-8-10(5-6-12(11)15)23(21,22)18(2)3/h5-8H,1-4H3,(H,16,20). The molecule has 2 rings (SSSR count). The summed E-state index contributed by atoms with van der Waals surface area (Å²) in [4.78, 5) is 12.6. The number of benzene rings is 1. The van der Waals surface area contributed by atoms with E-state index in [1.54, 1.807) is 23.9 Å². The van der Waals surface area contributed by atoms with E-state index in [9.17, 15) is 13.2 Å². The molecule has 0 bridgehead atoms. The van der Waals surface area contributed by atoms with Gasteiger partial charge >= 0.3 is 0 Å². The van der Waals surface area contributed by atoms with Crippen molar-refractivity contribution in [2.75, 3.05) is 19.4 Å². The highest BCUT2D eigenvalue weighted by atomic mass is 127. The smallest absolute Gasteiger partial charge is 0.257 e. The van der Waals surface area contributed by atoms with E-state index in [0.29, 0.717) is 15.0 Å². The van der Waals surface area contributed by atoms with Crippen molar-refractivity contribution in [1.29, 1.82) is 0 Å². The van der Waals surface area contributed by atoms with Gasteiger partial charge in [-0.15, -0.1) is 0 Å². The number of sulfonamides is 1. The largest absolute Gasteiger partial charge is 0.307 e. The van der Waals surface area contributed by atoms with E-state index in [-0.39, 0.29) is 10.8 Å². The van der Waals surface area contributed by atoms with Crippen molar-refractivity contribution >= 4 is 44.3 Å². The van der Waals surface area contributed by atoms with Gasteiger partial charge in [0.25, 0.3) is 5.91 Å². The Balaban J connectivity index is 2.39. The van der Waals surface area contributed by atoms with Gasteiger partial charge in [0.05, 0.1) is 16.2 Å². The van der Waals surface area contributed by atoms with Crippen LogP contribution in [0.1, 0.15) is 16.1 Å². The number of hydrogen-bond donors (Lipinski definition) is 1. The lowest BCUT2D eigenvalue weighted by Gasteiger charge is -2.13. The van der Waals surface area contributed by atoms with Crippen molar-refractivity contribution in [3.63, 3.8) is 0 Å². The van der Waals surface area contributed by atoms with E-state index < -0.39 is 10.0 Å². The number of carbonyl (C=O) groups excluding carboxylic acids is 1. The van der Waals surface area contributed by atoms with E-state index >= 15 is 0 Å². The molecule has 0 unspecified atom stereocenters. The first kappa shape index (κ1) is 17.9. The number of hydrogen-bond acceptors (Lipinski definition) is 4. The molecule has 0 atom stereocenters. The van der Waals surface area contributed by atoms with Crippen LogP contribution in [0.15, 0.2) is 29.2 Å². The highest BCUT2D eigenvalue weighted by Crippen LogP contribution is 2.21. The minimum Gasteiger partial charge on any atom is -0.307 e. The average molecular weight is 448 g/mol. The first-order chi connectivity index (χ1) is 10.6. The van der Waals surface area contributed by atoms with Gasteiger partial charge in [0.15, 0.2) is 0 Å². The fraction of sp³-hybridized carbons (Fsp3) is 0.286. The number of aryl methyl sites for hydroxylation is 2. The van der Waals surface area contributed by atoms with Crippen LogP contribution in [-0.2, 0) is 17.1 Å². The van der Waals surface area contributed by atoms with Gasteiger partial charge in [0.1, 0.15) is 5.82 Å². The van der Waals surface area contributed by atoms with Crippen LogP contribution in [-0.4, -0.2) is 42.5 Å². The highest BCUT2D eigenvalue weighted by molar-refractivity contribution is 14.1. The number of anilines is 1. The zero-order valence-corrected chi connectivity index (χ0v) is 16.1. The molecule has 1 N–H and O–H groups in total. The SMILES string of the molecule is Cc1cc(NC(=O)c2cc(S(=O)(=O)N(C)C)ccc2I)n(C)n1. The fourth-order valence-corrected chi connectivity index (χ4v) is 3.47. The Hall–Kier alpha value is -1.46. The number of halogens is 1. The summed E-state index contributed by atoms with van der Waals surface area (Å²) >= 11 is 2.00. The van der Waals surface area contributed by atoms with Gasteiger partial charge in [-0.3, -0.25) is 9.48 Å². The lowest BCUT2D eigenvalue weighted by atomic mass is 10.2. The van der Waals surface area contributed by atoms with Gasteiger partial charge in [-0.25, -0.2) is 12.7 Å². The van der Waals surface area contributed by atoms with E-state index in [4.69, 9.17) is 0 Å². The molecule has 0 aliphatic heterocycles. The predicted molar refractivity (Wildman–Crippen MR) is 95.9 cm³/mol. The van der Waals surface area contributed by atoms with Crippen LogP contribution in [0.2, 0.25) is 0 Å². The van der Waals surface area contributed by atoms with Gasteiger partial charge < -0.3 is 5.32 Å². The Morgan fingerprint density at radius 1 is 1.30 bits per heavy atom. The van der Waals surface area contributed by atoms with Crippen LogP contribution >= 0.6 is 22.6 Å². The number of carbonyl (C=O) groups is 1. The van der Waals surface area contributed by atoms with E-state index in [1.807, 2.05) is 29.5 Å². The predicted octanol–water partition coefficient (Wildman–Crippen LogP) is 1.84. The third-order valence-electron chi connectivity index (χ3n) is 3.20. The number of nitrogens with zero attached hydrogens (tertiary/aromatic N) is 3. The number of rotatable bonds is 4. The molecule has 0 fully saturated rings. The Kier molecular flexibility index (Phi) is 5.11. The second-order valence-electron chi connectivity index (χ2n) is 5.18. The molecule has 0 radical (unpaired) electrons. The molecule has 1 amide bonds. The molecule has 0 saturated heterocycles. The molecule has 7 nitrogen and oxygen atoms in total. The molecule has 0 saturated carbocycles. The Morgan fingerprint density at radius 3 is 2.48 bits per heavy atom. The normalized spacial score (nSPS) is 11.7. The number of amides is 1. The minimum atomic E-state index is -3.59. The van der Waals surface area contributed by atoms with Gasteiger partial charge in [-0.05, 0) is 47.7 Å². The van der Waals surface area contributed by atoms with Crippen LogP contribution in [0.5, 0.6) is 0 Å². The maximum Gasteiger partial charge on any atom is 0.257 e. The summed E-state index contributed by atoms with van der Waals surface area (Å²) in [5.41, 5.74) is 1.08. The molecule has 0 spiro atoms. The fourth-order valence-electron chi connectivity index (χ4n) is 1.96. The third-order valence-corrected chi connectivity index (χ3v) is 5.96.